The summed E-state index contributed by atoms with van der Waals surface area (Å²) in [7, 11) is 0. The first kappa shape index (κ1) is 9.90. The van der Waals surface area contributed by atoms with Gasteiger partial charge in [0.2, 0.25) is 0 Å². The minimum absolute atomic E-state index is 0.204. The van der Waals surface area contributed by atoms with Gasteiger partial charge in [0.25, 0.3) is 0 Å². The number of benzene rings is 1. The Hall–Kier alpha value is -1.64. The maximum absolute atomic E-state index is 12.7. The van der Waals surface area contributed by atoms with Gasteiger partial charge in [-0.3, -0.25) is 4.68 Å². The van der Waals surface area contributed by atoms with Crippen LogP contribution in [0, 0.1) is 12.0 Å². The van der Waals surface area contributed by atoms with Crippen LogP contribution in [0.2, 0.25) is 0 Å². The maximum Gasteiger partial charge on any atom is 0.123 e. The summed E-state index contributed by atoms with van der Waals surface area (Å²) in [4.78, 5) is 0. The lowest BCUT2D eigenvalue weighted by molar-refractivity contribution is 0.626. The Morgan fingerprint density at radius 1 is 1.33 bits per heavy atom. The molecule has 0 bridgehead atoms. The van der Waals surface area contributed by atoms with Crippen LogP contribution in [0.4, 0.5) is 4.39 Å². The van der Waals surface area contributed by atoms with Gasteiger partial charge in [0, 0.05) is 13.0 Å². The fourth-order valence-electron chi connectivity index (χ4n) is 1.42. The van der Waals surface area contributed by atoms with Gasteiger partial charge in [0.1, 0.15) is 5.82 Å². The zero-order chi connectivity index (χ0) is 10.7. The Balaban J connectivity index is 2.11. The van der Waals surface area contributed by atoms with Crippen molar-refractivity contribution >= 4 is 0 Å². The second-order valence-electron chi connectivity index (χ2n) is 3.38. The van der Waals surface area contributed by atoms with Crippen LogP contribution >= 0.6 is 0 Å². The minimum atomic E-state index is -0.204. The highest BCUT2D eigenvalue weighted by molar-refractivity contribution is 5.21. The van der Waals surface area contributed by atoms with Gasteiger partial charge in [0.15, 0.2) is 0 Å². The first-order valence-corrected chi connectivity index (χ1v) is 4.97. The molecule has 2 rings (SSSR count). The summed E-state index contributed by atoms with van der Waals surface area (Å²) in [5, 5.41) is 4.31. The topological polar surface area (TPSA) is 17.8 Å². The van der Waals surface area contributed by atoms with E-state index >= 15 is 0 Å². The predicted octanol–water partition coefficient (Wildman–Crippen LogP) is 2.43. The quantitative estimate of drug-likeness (QED) is 0.749. The second-order valence-corrected chi connectivity index (χ2v) is 3.38. The van der Waals surface area contributed by atoms with Crippen LogP contribution in [0.15, 0.2) is 30.3 Å². The number of rotatable bonds is 3. The summed E-state index contributed by atoms with van der Waals surface area (Å²) in [6.45, 7) is 2.84. The van der Waals surface area contributed by atoms with Gasteiger partial charge < -0.3 is 0 Å². The Kier molecular flexibility index (Phi) is 2.81. The van der Waals surface area contributed by atoms with Gasteiger partial charge in [-0.15, -0.1) is 0 Å². The molecule has 0 aliphatic carbocycles. The third-order valence-corrected chi connectivity index (χ3v) is 2.23. The molecular weight excluding hydrogens is 191 g/mol. The first-order valence-electron chi connectivity index (χ1n) is 4.97. The Bertz CT molecular complexity index is 431. The first-order chi connectivity index (χ1) is 7.28. The van der Waals surface area contributed by atoms with Crippen molar-refractivity contribution in [2.24, 2.45) is 0 Å². The van der Waals surface area contributed by atoms with E-state index in [0.717, 1.165) is 24.2 Å². The molecule has 2 aromatic rings. The molecule has 77 valence electrons. The molecule has 15 heavy (non-hydrogen) atoms. The van der Waals surface area contributed by atoms with Crippen LogP contribution < -0.4 is 0 Å². The molecule has 0 aliphatic rings. The Labute approximate surface area is 88.4 Å². The monoisotopic (exact) mass is 203 g/mol. The molecule has 0 N–H and O–H groups in total. The van der Waals surface area contributed by atoms with E-state index in [4.69, 9.17) is 0 Å². The van der Waals surface area contributed by atoms with E-state index in [9.17, 15) is 4.39 Å². The molecule has 0 saturated heterocycles. The smallest absolute Gasteiger partial charge is 0.123 e. The van der Waals surface area contributed by atoms with Crippen LogP contribution in [0.1, 0.15) is 18.2 Å². The van der Waals surface area contributed by atoms with E-state index in [1.807, 2.05) is 13.0 Å². The highest BCUT2D eigenvalue weighted by Gasteiger charge is 2.00. The van der Waals surface area contributed by atoms with Crippen molar-refractivity contribution in [3.8, 4) is 0 Å². The summed E-state index contributed by atoms with van der Waals surface area (Å²) in [5.41, 5.74) is 2.02. The predicted molar refractivity (Wildman–Crippen MR) is 55.9 cm³/mol. The van der Waals surface area contributed by atoms with Crippen LogP contribution in [-0.4, -0.2) is 9.78 Å². The zero-order valence-electron chi connectivity index (χ0n) is 8.57. The van der Waals surface area contributed by atoms with E-state index < -0.39 is 0 Å². The van der Waals surface area contributed by atoms with E-state index in [1.54, 1.807) is 16.8 Å². The Morgan fingerprint density at radius 2 is 2.07 bits per heavy atom. The lowest BCUT2D eigenvalue weighted by atomic mass is 10.1. The highest BCUT2D eigenvalue weighted by atomic mass is 19.1. The van der Waals surface area contributed by atoms with Crippen molar-refractivity contribution in [1.29, 1.82) is 0 Å². The average molecular weight is 203 g/mol. The molecule has 0 amide bonds. The number of aromatic nitrogens is 2. The van der Waals surface area contributed by atoms with E-state index in [2.05, 4.69) is 11.3 Å². The molecule has 0 saturated carbocycles. The number of hydrogen-bond donors (Lipinski definition) is 0. The number of aryl methyl sites for hydroxylation is 1. The van der Waals surface area contributed by atoms with Crippen LogP contribution in [0.3, 0.4) is 0 Å². The van der Waals surface area contributed by atoms with Gasteiger partial charge in [-0.25, -0.2) is 4.39 Å². The summed E-state index contributed by atoms with van der Waals surface area (Å²) < 4.78 is 14.4. The number of nitrogens with zero attached hydrogens (tertiary/aromatic N) is 2. The number of halogens is 1. The molecule has 0 spiro atoms. The van der Waals surface area contributed by atoms with Gasteiger partial charge >= 0.3 is 0 Å². The van der Waals surface area contributed by atoms with Gasteiger partial charge in [-0.05, 0) is 30.7 Å². The molecule has 3 heteroatoms. The van der Waals surface area contributed by atoms with E-state index in [1.165, 1.54) is 12.1 Å². The molecule has 1 aromatic heterocycles. The minimum Gasteiger partial charge on any atom is -0.263 e. The van der Waals surface area contributed by atoms with Gasteiger partial charge in [0.05, 0.1) is 11.9 Å². The molecule has 0 fully saturated rings. The van der Waals surface area contributed by atoms with Crippen LogP contribution in [-0.2, 0) is 13.0 Å². The van der Waals surface area contributed by atoms with E-state index in [0.29, 0.717) is 0 Å². The second kappa shape index (κ2) is 4.26. The molecule has 1 heterocycles. The lowest BCUT2D eigenvalue weighted by Crippen LogP contribution is -1.96. The molecule has 0 atom stereocenters. The number of hydrogen-bond acceptors (Lipinski definition) is 1. The zero-order valence-corrected chi connectivity index (χ0v) is 8.57. The normalized spacial score (nSPS) is 10.5. The Morgan fingerprint density at radius 3 is 2.67 bits per heavy atom. The summed E-state index contributed by atoms with van der Waals surface area (Å²) in [6, 6.07) is 8.36. The fraction of sp³-hybridized carbons (Fsp3) is 0.250. The van der Waals surface area contributed by atoms with Crippen LogP contribution in [0.25, 0.3) is 0 Å². The van der Waals surface area contributed by atoms with Crippen molar-refractivity contribution in [1.82, 2.24) is 9.78 Å². The largest absolute Gasteiger partial charge is 0.263 e. The van der Waals surface area contributed by atoms with Gasteiger partial charge in [-0.1, -0.05) is 12.1 Å². The lowest BCUT2D eigenvalue weighted by Gasteiger charge is -1.98. The third-order valence-electron chi connectivity index (χ3n) is 2.23. The fourth-order valence-corrected chi connectivity index (χ4v) is 1.42. The summed E-state index contributed by atoms with van der Waals surface area (Å²) >= 11 is 0. The molecule has 0 unspecified atom stereocenters. The molecular formula is C12H12FN2. The molecule has 1 aromatic carbocycles. The van der Waals surface area contributed by atoms with E-state index in [-0.39, 0.29) is 5.82 Å². The third kappa shape index (κ3) is 2.43. The molecule has 0 aliphatic heterocycles. The summed E-state index contributed by atoms with van der Waals surface area (Å²) in [5.74, 6) is -0.204. The van der Waals surface area contributed by atoms with Crippen molar-refractivity contribution in [2.45, 2.75) is 19.9 Å². The SMILES string of the molecule is CCn1[c]cc(Cc2ccc(F)cc2)n1. The van der Waals surface area contributed by atoms with Crippen molar-refractivity contribution < 1.29 is 4.39 Å². The van der Waals surface area contributed by atoms with Crippen molar-refractivity contribution in [3.05, 3.63) is 53.6 Å². The highest BCUT2D eigenvalue weighted by Crippen LogP contribution is 2.08. The molecule has 2 nitrogen and oxygen atoms in total. The van der Waals surface area contributed by atoms with Crippen molar-refractivity contribution in [3.63, 3.8) is 0 Å². The van der Waals surface area contributed by atoms with Crippen molar-refractivity contribution in [2.75, 3.05) is 0 Å². The van der Waals surface area contributed by atoms with Crippen LogP contribution in [0.5, 0.6) is 0 Å². The maximum atomic E-state index is 12.7. The molecule has 1 radical (unpaired) electrons. The summed E-state index contributed by atoms with van der Waals surface area (Å²) in [6.07, 6.45) is 3.74. The van der Waals surface area contributed by atoms with Gasteiger partial charge in [-0.2, -0.15) is 5.10 Å². The standard InChI is InChI=1S/C12H12FN2/c1-2-15-8-7-12(14-15)9-10-3-5-11(13)6-4-10/h3-7H,2,9H2,1H3. The average Bonchev–Trinajstić information content (AvgIpc) is 2.69.